The van der Waals surface area contributed by atoms with E-state index in [0.717, 1.165) is 36.1 Å². The number of piperidine rings is 1. The van der Waals surface area contributed by atoms with Gasteiger partial charge in [-0.05, 0) is 69.0 Å². The Morgan fingerprint density at radius 1 is 1.10 bits per heavy atom. The summed E-state index contributed by atoms with van der Waals surface area (Å²) in [5.74, 6) is 0.459. The van der Waals surface area contributed by atoms with Crippen molar-refractivity contribution in [2.45, 2.75) is 57.6 Å². The van der Waals surface area contributed by atoms with Gasteiger partial charge in [-0.25, -0.2) is 8.42 Å². The first kappa shape index (κ1) is 22.3. The molecule has 0 unspecified atom stereocenters. The van der Waals surface area contributed by atoms with E-state index in [-0.39, 0.29) is 16.9 Å². The zero-order valence-corrected chi connectivity index (χ0v) is 18.7. The lowest BCUT2D eigenvalue weighted by atomic mass is 10.1. The average Bonchev–Trinajstić information content (AvgIpc) is 2.72. The SMILES string of the molecule is Cc1ccc(S(=O)(=O)N2CCCCC2)cc1C(=O)NCc1cccc(OC(C)C)c1. The van der Waals surface area contributed by atoms with E-state index in [1.807, 2.05) is 45.0 Å². The quantitative estimate of drug-likeness (QED) is 0.723. The van der Waals surface area contributed by atoms with Gasteiger partial charge in [0.25, 0.3) is 5.91 Å². The molecule has 6 nitrogen and oxygen atoms in total. The maximum absolute atomic E-state index is 13.0. The number of amides is 1. The van der Waals surface area contributed by atoms with Crippen LogP contribution in [0.4, 0.5) is 0 Å². The predicted molar refractivity (Wildman–Crippen MR) is 117 cm³/mol. The molecule has 3 rings (SSSR count). The van der Waals surface area contributed by atoms with E-state index in [2.05, 4.69) is 5.32 Å². The molecule has 162 valence electrons. The van der Waals surface area contributed by atoms with Gasteiger partial charge in [-0.3, -0.25) is 4.79 Å². The van der Waals surface area contributed by atoms with Crippen LogP contribution in [0.15, 0.2) is 47.4 Å². The van der Waals surface area contributed by atoms with E-state index in [1.165, 1.54) is 10.4 Å². The van der Waals surface area contributed by atoms with Crippen LogP contribution in [0.2, 0.25) is 0 Å². The number of aryl methyl sites for hydroxylation is 1. The second-order valence-electron chi connectivity index (χ2n) is 7.94. The third-order valence-electron chi connectivity index (χ3n) is 5.13. The molecule has 0 saturated carbocycles. The highest BCUT2D eigenvalue weighted by Gasteiger charge is 2.27. The van der Waals surface area contributed by atoms with E-state index in [1.54, 1.807) is 12.1 Å². The van der Waals surface area contributed by atoms with E-state index >= 15 is 0 Å². The number of ether oxygens (including phenoxy) is 1. The summed E-state index contributed by atoms with van der Waals surface area (Å²) in [6.07, 6.45) is 2.87. The van der Waals surface area contributed by atoms with Crippen molar-refractivity contribution in [2.24, 2.45) is 0 Å². The van der Waals surface area contributed by atoms with Crippen molar-refractivity contribution < 1.29 is 17.9 Å². The zero-order chi connectivity index (χ0) is 21.7. The summed E-state index contributed by atoms with van der Waals surface area (Å²) in [5, 5.41) is 2.89. The molecule has 2 aromatic rings. The van der Waals surface area contributed by atoms with Gasteiger partial charge in [-0.2, -0.15) is 4.31 Å². The van der Waals surface area contributed by atoms with Crippen LogP contribution in [0.3, 0.4) is 0 Å². The van der Waals surface area contributed by atoms with Crippen LogP contribution in [0.1, 0.15) is 54.6 Å². The number of benzene rings is 2. The van der Waals surface area contributed by atoms with Crippen LogP contribution in [0, 0.1) is 6.92 Å². The number of nitrogens with zero attached hydrogens (tertiary/aromatic N) is 1. The first-order valence-corrected chi connectivity index (χ1v) is 11.9. The van der Waals surface area contributed by atoms with Gasteiger partial charge >= 0.3 is 0 Å². The number of carbonyl (C=O) groups is 1. The lowest BCUT2D eigenvalue weighted by Gasteiger charge is -2.26. The highest BCUT2D eigenvalue weighted by atomic mass is 32.2. The van der Waals surface area contributed by atoms with Gasteiger partial charge in [0.15, 0.2) is 0 Å². The summed E-state index contributed by atoms with van der Waals surface area (Å²) in [5.41, 5.74) is 2.03. The second-order valence-corrected chi connectivity index (χ2v) is 9.88. The van der Waals surface area contributed by atoms with Crippen molar-refractivity contribution in [2.75, 3.05) is 13.1 Å². The first-order valence-electron chi connectivity index (χ1n) is 10.4. The monoisotopic (exact) mass is 430 g/mol. The molecule has 30 heavy (non-hydrogen) atoms. The maximum atomic E-state index is 13.0. The summed E-state index contributed by atoms with van der Waals surface area (Å²) in [6, 6.07) is 12.3. The van der Waals surface area contributed by atoms with E-state index in [4.69, 9.17) is 4.74 Å². The van der Waals surface area contributed by atoms with Crippen molar-refractivity contribution in [1.82, 2.24) is 9.62 Å². The topological polar surface area (TPSA) is 75.7 Å². The Kier molecular flexibility index (Phi) is 7.15. The summed E-state index contributed by atoms with van der Waals surface area (Å²) < 4.78 is 33.1. The molecule has 0 bridgehead atoms. The van der Waals surface area contributed by atoms with E-state index in [9.17, 15) is 13.2 Å². The molecule has 1 heterocycles. The van der Waals surface area contributed by atoms with E-state index < -0.39 is 10.0 Å². The fourth-order valence-corrected chi connectivity index (χ4v) is 5.08. The van der Waals surface area contributed by atoms with Gasteiger partial charge in [0.1, 0.15) is 5.75 Å². The molecule has 0 spiro atoms. The Labute approximate surface area is 179 Å². The predicted octanol–water partition coefficient (Wildman–Crippen LogP) is 3.89. The van der Waals surface area contributed by atoms with Crippen LogP contribution in [0.25, 0.3) is 0 Å². The third kappa shape index (κ3) is 5.40. The highest BCUT2D eigenvalue weighted by molar-refractivity contribution is 7.89. The molecule has 0 radical (unpaired) electrons. The molecule has 0 aliphatic carbocycles. The fourth-order valence-electron chi connectivity index (χ4n) is 3.54. The van der Waals surface area contributed by atoms with Crippen molar-refractivity contribution in [3.05, 3.63) is 59.2 Å². The molecule has 0 aromatic heterocycles. The van der Waals surface area contributed by atoms with Gasteiger partial charge in [0, 0.05) is 25.2 Å². The van der Waals surface area contributed by atoms with Crippen LogP contribution in [0.5, 0.6) is 5.75 Å². The third-order valence-corrected chi connectivity index (χ3v) is 7.02. The van der Waals surface area contributed by atoms with Gasteiger partial charge in [-0.1, -0.05) is 24.6 Å². The van der Waals surface area contributed by atoms with Gasteiger partial charge < -0.3 is 10.1 Å². The Hall–Kier alpha value is -2.38. The van der Waals surface area contributed by atoms with Crippen molar-refractivity contribution in [3.8, 4) is 5.75 Å². The van der Waals surface area contributed by atoms with Gasteiger partial charge in [0.05, 0.1) is 11.0 Å². The average molecular weight is 431 g/mol. The first-order chi connectivity index (χ1) is 14.3. The number of sulfonamides is 1. The molecule has 1 aliphatic heterocycles. The van der Waals surface area contributed by atoms with Gasteiger partial charge in [-0.15, -0.1) is 0 Å². The lowest BCUT2D eigenvalue weighted by molar-refractivity contribution is 0.0950. The molecule has 7 heteroatoms. The number of rotatable bonds is 7. The van der Waals surface area contributed by atoms with E-state index in [0.29, 0.717) is 25.2 Å². The lowest BCUT2D eigenvalue weighted by Crippen LogP contribution is -2.35. The normalized spacial score (nSPS) is 15.2. The van der Waals surface area contributed by atoms with Crippen LogP contribution in [-0.2, 0) is 16.6 Å². The van der Waals surface area contributed by atoms with Crippen molar-refractivity contribution in [1.29, 1.82) is 0 Å². The Bertz CT molecular complexity index is 996. The summed E-state index contributed by atoms with van der Waals surface area (Å²) >= 11 is 0. The molecule has 1 saturated heterocycles. The minimum Gasteiger partial charge on any atom is -0.491 e. The molecule has 1 fully saturated rings. The standard InChI is InChI=1S/C23H30N2O4S/c1-17(2)29-20-9-7-8-19(14-20)16-24-23(26)22-15-21(11-10-18(22)3)30(27,28)25-12-5-4-6-13-25/h7-11,14-15,17H,4-6,12-13,16H2,1-3H3,(H,24,26). The number of hydrogen-bond donors (Lipinski definition) is 1. The molecule has 0 atom stereocenters. The Balaban J connectivity index is 1.74. The molecule has 1 aliphatic rings. The summed E-state index contributed by atoms with van der Waals surface area (Å²) in [4.78, 5) is 13.0. The minimum atomic E-state index is -3.58. The maximum Gasteiger partial charge on any atom is 0.251 e. The van der Waals surface area contributed by atoms with Gasteiger partial charge in [0.2, 0.25) is 10.0 Å². The second kappa shape index (κ2) is 9.62. The van der Waals surface area contributed by atoms with Crippen molar-refractivity contribution in [3.63, 3.8) is 0 Å². The largest absolute Gasteiger partial charge is 0.491 e. The smallest absolute Gasteiger partial charge is 0.251 e. The van der Waals surface area contributed by atoms with Crippen molar-refractivity contribution >= 4 is 15.9 Å². The minimum absolute atomic E-state index is 0.0714. The van der Waals surface area contributed by atoms with Crippen LogP contribution >= 0.6 is 0 Å². The van der Waals surface area contributed by atoms with Crippen LogP contribution < -0.4 is 10.1 Å². The summed E-state index contributed by atoms with van der Waals surface area (Å²) in [6.45, 7) is 7.13. The number of nitrogens with one attached hydrogen (secondary N) is 1. The molecule has 1 N–H and O–H groups in total. The Morgan fingerprint density at radius 2 is 1.83 bits per heavy atom. The van der Waals surface area contributed by atoms with Crippen LogP contribution in [-0.4, -0.2) is 37.8 Å². The Morgan fingerprint density at radius 3 is 2.53 bits per heavy atom. The summed E-state index contributed by atoms with van der Waals surface area (Å²) in [7, 11) is -3.58. The molecular weight excluding hydrogens is 400 g/mol. The number of carbonyl (C=O) groups excluding carboxylic acids is 1. The fraction of sp³-hybridized carbons (Fsp3) is 0.435. The highest BCUT2D eigenvalue weighted by Crippen LogP contribution is 2.23. The molecular formula is C23H30N2O4S. The molecule has 1 amide bonds. The zero-order valence-electron chi connectivity index (χ0n) is 17.8. The number of hydrogen-bond acceptors (Lipinski definition) is 4. The molecule has 2 aromatic carbocycles.